The first-order chi connectivity index (χ1) is 9.49. The quantitative estimate of drug-likeness (QED) is 0.706. The zero-order valence-electron chi connectivity index (χ0n) is 12.6. The molecule has 0 amide bonds. The lowest BCUT2D eigenvalue weighted by Gasteiger charge is -2.26. The Bertz CT molecular complexity index is 403. The van der Waals surface area contributed by atoms with Crippen molar-refractivity contribution in [2.45, 2.75) is 44.6 Å². The summed E-state index contributed by atoms with van der Waals surface area (Å²) < 4.78 is 0. The summed E-state index contributed by atoms with van der Waals surface area (Å²) in [6.45, 7) is 8.28. The highest BCUT2D eigenvalue weighted by Gasteiger charge is 2.10. The van der Waals surface area contributed by atoms with Gasteiger partial charge in [-0.1, -0.05) is 17.7 Å². The first-order valence-corrected chi connectivity index (χ1v) is 8.13. The third-order valence-electron chi connectivity index (χ3n) is 3.23. The number of nitrogens with zero attached hydrogens (tertiary/aromatic N) is 1. The molecule has 1 aromatic rings. The van der Waals surface area contributed by atoms with Crippen LogP contribution in [0.4, 0.5) is 0 Å². The summed E-state index contributed by atoms with van der Waals surface area (Å²) in [5, 5.41) is 8.69. The van der Waals surface area contributed by atoms with Crippen LogP contribution in [0.2, 0.25) is 0 Å². The highest BCUT2D eigenvalue weighted by molar-refractivity contribution is 7.99. The molecule has 20 heavy (non-hydrogen) atoms. The average molecular weight is 295 g/mol. The molecule has 0 radical (unpaired) electrons. The van der Waals surface area contributed by atoms with Crippen LogP contribution in [0.5, 0.6) is 0 Å². The summed E-state index contributed by atoms with van der Waals surface area (Å²) in [6.07, 6.45) is 0.983. The van der Waals surface area contributed by atoms with Gasteiger partial charge in [-0.3, -0.25) is 4.79 Å². The Morgan fingerprint density at radius 3 is 2.45 bits per heavy atom. The molecular formula is C16H25NO2S. The van der Waals surface area contributed by atoms with E-state index >= 15 is 0 Å². The van der Waals surface area contributed by atoms with Crippen molar-refractivity contribution in [3.8, 4) is 0 Å². The first-order valence-electron chi connectivity index (χ1n) is 7.14. The molecule has 0 saturated heterocycles. The fourth-order valence-electron chi connectivity index (χ4n) is 1.98. The number of rotatable bonds is 9. The SMILES string of the molecule is Cc1ccc(SCCN(CCCC(=O)O)C(C)C)cc1. The number of hydrogen-bond acceptors (Lipinski definition) is 3. The van der Waals surface area contributed by atoms with Crippen LogP contribution >= 0.6 is 11.8 Å². The highest BCUT2D eigenvalue weighted by atomic mass is 32.2. The van der Waals surface area contributed by atoms with Crippen molar-refractivity contribution in [1.29, 1.82) is 0 Å². The average Bonchev–Trinajstić information content (AvgIpc) is 2.38. The van der Waals surface area contributed by atoms with Gasteiger partial charge in [-0.05, 0) is 45.9 Å². The van der Waals surface area contributed by atoms with E-state index in [0.29, 0.717) is 6.04 Å². The van der Waals surface area contributed by atoms with Gasteiger partial charge in [-0.2, -0.15) is 0 Å². The first kappa shape index (κ1) is 17.1. The normalized spacial score (nSPS) is 11.2. The van der Waals surface area contributed by atoms with Gasteiger partial charge < -0.3 is 10.0 Å². The standard InChI is InChI=1S/C16H25NO2S/c1-13(2)17(10-4-5-16(18)19)11-12-20-15-8-6-14(3)7-9-15/h6-9,13H,4-5,10-12H2,1-3H3,(H,18,19). The van der Waals surface area contributed by atoms with Gasteiger partial charge in [0.15, 0.2) is 0 Å². The minimum atomic E-state index is -0.706. The predicted octanol–water partition coefficient (Wildman–Crippen LogP) is 3.66. The van der Waals surface area contributed by atoms with Crippen molar-refractivity contribution in [2.24, 2.45) is 0 Å². The fraction of sp³-hybridized carbons (Fsp3) is 0.562. The smallest absolute Gasteiger partial charge is 0.303 e. The summed E-state index contributed by atoms with van der Waals surface area (Å²) in [5.41, 5.74) is 1.28. The second-order valence-electron chi connectivity index (χ2n) is 5.29. The Hall–Kier alpha value is -1.00. The number of carbonyl (C=O) groups is 1. The minimum Gasteiger partial charge on any atom is -0.481 e. The van der Waals surface area contributed by atoms with E-state index in [1.54, 1.807) is 0 Å². The van der Waals surface area contributed by atoms with Crippen LogP contribution in [0.1, 0.15) is 32.3 Å². The molecule has 0 aliphatic heterocycles. The van der Waals surface area contributed by atoms with E-state index in [1.165, 1.54) is 10.5 Å². The van der Waals surface area contributed by atoms with Crippen LogP contribution in [0.3, 0.4) is 0 Å². The summed E-state index contributed by atoms with van der Waals surface area (Å²) in [5.74, 6) is 0.330. The van der Waals surface area contributed by atoms with E-state index in [4.69, 9.17) is 5.11 Å². The van der Waals surface area contributed by atoms with E-state index in [9.17, 15) is 4.79 Å². The molecule has 0 unspecified atom stereocenters. The van der Waals surface area contributed by atoms with Crippen molar-refractivity contribution in [1.82, 2.24) is 4.90 Å². The molecule has 3 nitrogen and oxygen atoms in total. The predicted molar refractivity (Wildman–Crippen MR) is 85.5 cm³/mol. The molecule has 1 N–H and O–H groups in total. The Morgan fingerprint density at radius 1 is 1.25 bits per heavy atom. The van der Waals surface area contributed by atoms with Gasteiger partial charge in [-0.15, -0.1) is 11.8 Å². The van der Waals surface area contributed by atoms with Gasteiger partial charge >= 0.3 is 5.97 Å². The topological polar surface area (TPSA) is 40.5 Å². The van der Waals surface area contributed by atoms with Crippen molar-refractivity contribution in [3.05, 3.63) is 29.8 Å². The Kier molecular flexibility index (Phi) is 7.70. The molecule has 1 rings (SSSR count). The third kappa shape index (κ3) is 6.96. The van der Waals surface area contributed by atoms with E-state index in [2.05, 4.69) is 49.9 Å². The van der Waals surface area contributed by atoms with Crippen LogP contribution in [0.15, 0.2) is 29.2 Å². The van der Waals surface area contributed by atoms with Gasteiger partial charge in [-0.25, -0.2) is 0 Å². The highest BCUT2D eigenvalue weighted by Crippen LogP contribution is 2.18. The third-order valence-corrected chi connectivity index (χ3v) is 4.23. The maximum atomic E-state index is 10.6. The molecule has 0 heterocycles. The molecule has 0 spiro atoms. The van der Waals surface area contributed by atoms with Gasteiger partial charge in [0.05, 0.1) is 0 Å². The number of benzene rings is 1. The van der Waals surface area contributed by atoms with E-state index in [-0.39, 0.29) is 6.42 Å². The molecule has 0 saturated carbocycles. The van der Waals surface area contributed by atoms with Crippen molar-refractivity contribution in [2.75, 3.05) is 18.8 Å². The zero-order valence-corrected chi connectivity index (χ0v) is 13.4. The van der Waals surface area contributed by atoms with Crippen LogP contribution < -0.4 is 0 Å². The number of carboxylic acid groups (broad SMARTS) is 1. The Morgan fingerprint density at radius 2 is 1.90 bits per heavy atom. The molecule has 112 valence electrons. The fourth-order valence-corrected chi connectivity index (χ4v) is 2.87. The van der Waals surface area contributed by atoms with Gasteiger partial charge in [0.1, 0.15) is 0 Å². The van der Waals surface area contributed by atoms with E-state index in [0.717, 1.165) is 25.3 Å². The monoisotopic (exact) mass is 295 g/mol. The number of hydrogen-bond donors (Lipinski definition) is 1. The molecule has 4 heteroatoms. The van der Waals surface area contributed by atoms with E-state index in [1.807, 2.05) is 11.8 Å². The second kappa shape index (κ2) is 9.03. The number of carboxylic acids is 1. The van der Waals surface area contributed by atoms with Gasteiger partial charge in [0, 0.05) is 29.7 Å². The number of aliphatic carboxylic acids is 1. The van der Waals surface area contributed by atoms with Crippen molar-refractivity contribution >= 4 is 17.7 Å². The molecule has 0 aliphatic carbocycles. The summed E-state index contributed by atoms with van der Waals surface area (Å²) in [6, 6.07) is 9.04. The van der Waals surface area contributed by atoms with Gasteiger partial charge in [0.2, 0.25) is 0 Å². The molecule has 0 fully saturated rings. The lowest BCUT2D eigenvalue weighted by Crippen LogP contribution is -2.34. The Balaban J connectivity index is 2.31. The minimum absolute atomic E-state index is 0.258. The number of thioether (sulfide) groups is 1. The largest absolute Gasteiger partial charge is 0.481 e. The van der Waals surface area contributed by atoms with Crippen LogP contribution in [-0.2, 0) is 4.79 Å². The lowest BCUT2D eigenvalue weighted by molar-refractivity contribution is -0.137. The molecule has 0 bridgehead atoms. The van der Waals surface area contributed by atoms with Gasteiger partial charge in [0.25, 0.3) is 0 Å². The summed E-state index contributed by atoms with van der Waals surface area (Å²) >= 11 is 1.86. The van der Waals surface area contributed by atoms with Crippen LogP contribution in [0.25, 0.3) is 0 Å². The van der Waals surface area contributed by atoms with Crippen molar-refractivity contribution < 1.29 is 9.90 Å². The maximum absolute atomic E-state index is 10.6. The zero-order chi connectivity index (χ0) is 15.0. The molecule has 0 aromatic heterocycles. The Labute approximate surface area is 126 Å². The summed E-state index contributed by atoms with van der Waals surface area (Å²) in [7, 11) is 0. The van der Waals surface area contributed by atoms with Crippen LogP contribution in [-0.4, -0.2) is 40.9 Å². The van der Waals surface area contributed by atoms with E-state index < -0.39 is 5.97 Å². The second-order valence-corrected chi connectivity index (χ2v) is 6.46. The van der Waals surface area contributed by atoms with Crippen LogP contribution in [0, 0.1) is 6.92 Å². The number of aryl methyl sites for hydroxylation is 1. The molecule has 0 atom stereocenters. The maximum Gasteiger partial charge on any atom is 0.303 e. The molecular weight excluding hydrogens is 270 g/mol. The lowest BCUT2D eigenvalue weighted by atomic mass is 10.2. The summed E-state index contributed by atoms with van der Waals surface area (Å²) in [4.78, 5) is 14.2. The van der Waals surface area contributed by atoms with Crippen molar-refractivity contribution in [3.63, 3.8) is 0 Å². The molecule has 0 aliphatic rings. The molecule has 1 aromatic carbocycles.